The van der Waals surface area contributed by atoms with Crippen LogP contribution in [0.1, 0.15) is 17.9 Å². The first-order valence-corrected chi connectivity index (χ1v) is 8.27. The zero-order valence-corrected chi connectivity index (χ0v) is 14.1. The number of pyridine rings is 1. The molecule has 4 rings (SSSR count). The van der Waals surface area contributed by atoms with Crippen LogP contribution in [0.25, 0.3) is 0 Å². The minimum Gasteiger partial charge on any atom is -0.439 e. The maximum absolute atomic E-state index is 12.9. The van der Waals surface area contributed by atoms with E-state index in [1.54, 1.807) is 23.0 Å². The van der Waals surface area contributed by atoms with Gasteiger partial charge in [0.15, 0.2) is 0 Å². The van der Waals surface area contributed by atoms with Crippen LogP contribution in [0.2, 0.25) is 0 Å². The number of amides is 1. The Hall–Kier alpha value is -3.22. The summed E-state index contributed by atoms with van der Waals surface area (Å²) in [6, 6.07) is 9.07. The van der Waals surface area contributed by atoms with E-state index in [9.17, 15) is 9.18 Å². The molecule has 0 bridgehead atoms. The Balaban J connectivity index is 1.34. The molecule has 0 radical (unpaired) electrons. The van der Waals surface area contributed by atoms with Crippen molar-refractivity contribution in [2.24, 2.45) is 13.0 Å². The van der Waals surface area contributed by atoms with E-state index >= 15 is 0 Å². The lowest BCUT2D eigenvalue weighted by Gasteiger charge is -2.07. The lowest BCUT2D eigenvalue weighted by atomic mass is 10.2. The van der Waals surface area contributed by atoms with Crippen molar-refractivity contribution in [3.63, 3.8) is 0 Å². The summed E-state index contributed by atoms with van der Waals surface area (Å²) >= 11 is 0. The minimum absolute atomic E-state index is 0.0205. The van der Waals surface area contributed by atoms with Gasteiger partial charge in [0.25, 0.3) is 0 Å². The highest BCUT2D eigenvalue weighted by molar-refractivity contribution is 5.95. The zero-order valence-electron chi connectivity index (χ0n) is 14.1. The van der Waals surface area contributed by atoms with Crippen molar-refractivity contribution in [1.82, 2.24) is 14.8 Å². The molecule has 1 saturated carbocycles. The van der Waals surface area contributed by atoms with Gasteiger partial charge in [0.2, 0.25) is 11.8 Å². The number of aryl methyl sites for hydroxylation is 1. The normalized spacial score (nSPS) is 18.4. The molecule has 2 heterocycles. The summed E-state index contributed by atoms with van der Waals surface area (Å²) in [6.45, 7) is 0. The number of benzene rings is 1. The van der Waals surface area contributed by atoms with Gasteiger partial charge >= 0.3 is 0 Å². The molecular weight excluding hydrogens is 335 g/mol. The summed E-state index contributed by atoms with van der Waals surface area (Å²) in [6.07, 6.45) is 6.12. The van der Waals surface area contributed by atoms with Crippen LogP contribution in [0.3, 0.4) is 0 Å². The van der Waals surface area contributed by atoms with Gasteiger partial charge < -0.3 is 10.1 Å². The van der Waals surface area contributed by atoms with Gasteiger partial charge in [-0.15, -0.1) is 0 Å². The van der Waals surface area contributed by atoms with Gasteiger partial charge in [-0.1, -0.05) is 0 Å². The molecule has 1 amide bonds. The van der Waals surface area contributed by atoms with Gasteiger partial charge in [0.1, 0.15) is 11.6 Å². The highest BCUT2D eigenvalue weighted by Gasteiger charge is 2.44. The Bertz CT molecular complexity index is 921. The molecule has 1 aliphatic carbocycles. The summed E-state index contributed by atoms with van der Waals surface area (Å²) in [7, 11) is 1.86. The SMILES string of the molecule is Cn1cc(C2CC2C(=O)Nc2ccc(Oc3ccc(F)cc3)nc2)cn1. The Morgan fingerprint density at radius 1 is 1.23 bits per heavy atom. The first kappa shape index (κ1) is 16.3. The van der Waals surface area contributed by atoms with Crippen molar-refractivity contribution >= 4 is 11.6 Å². The molecule has 1 N–H and O–H groups in total. The fraction of sp³-hybridized carbons (Fsp3) is 0.211. The third kappa shape index (κ3) is 3.56. The second-order valence-corrected chi connectivity index (χ2v) is 6.33. The van der Waals surface area contributed by atoms with Crippen LogP contribution >= 0.6 is 0 Å². The topological polar surface area (TPSA) is 69.0 Å². The van der Waals surface area contributed by atoms with Gasteiger partial charge in [-0.2, -0.15) is 5.10 Å². The lowest BCUT2D eigenvalue weighted by Crippen LogP contribution is -2.14. The number of hydrogen-bond donors (Lipinski definition) is 1. The average Bonchev–Trinajstić information content (AvgIpc) is 3.33. The molecule has 1 aromatic carbocycles. The van der Waals surface area contributed by atoms with E-state index in [-0.39, 0.29) is 23.6 Å². The van der Waals surface area contributed by atoms with E-state index in [2.05, 4.69) is 15.4 Å². The van der Waals surface area contributed by atoms with E-state index in [1.165, 1.54) is 30.5 Å². The third-order valence-electron chi connectivity index (χ3n) is 4.32. The Morgan fingerprint density at radius 2 is 2.04 bits per heavy atom. The molecule has 6 nitrogen and oxygen atoms in total. The number of ether oxygens (including phenoxy) is 1. The molecule has 2 unspecified atom stereocenters. The standard InChI is InChI=1S/C19H17FN4O2/c1-24-11-12(9-22-24)16-8-17(16)19(25)23-14-4-7-18(21-10-14)26-15-5-2-13(20)3-6-15/h2-7,9-11,16-17H,8H2,1H3,(H,23,25). The molecule has 2 atom stereocenters. The molecule has 7 heteroatoms. The van der Waals surface area contributed by atoms with Crippen molar-refractivity contribution in [2.45, 2.75) is 12.3 Å². The molecule has 26 heavy (non-hydrogen) atoms. The number of carbonyl (C=O) groups is 1. The monoisotopic (exact) mass is 352 g/mol. The maximum Gasteiger partial charge on any atom is 0.228 e. The number of nitrogens with zero attached hydrogens (tertiary/aromatic N) is 3. The van der Waals surface area contributed by atoms with E-state index in [4.69, 9.17) is 4.74 Å². The van der Waals surface area contributed by atoms with Crippen LogP contribution in [-0.4, -0.2) is 20.7 Å². The number of aromatic nitrogens is 3. The van der Waals surface area contributed by atoms with Crippen molar-refractivity contribution in [3.05, 3.63) is 66.4 Å². The van der Waals surface area contributed by atoms with Gasteiger partial charge in [0, 0.05) is 25.2 Å². The number of anilines is 1. The molecule has 1 fully saturated rings. The van der Waals surface area contributed by atoms with E-state index < -0.39 is 0 Å². The summed E-state index contributed by atoms with van der Waals surface area (Å²) in [5.74, 6) is 0.718. The van der Waals surface area contributed by atoms with E-state index in [0.29, 0.717) is 17.3 Å². The zero-order chi connectivity index (χ0) is 18.1. The van der Waals surface area contributed by atoms with Crippen LogP contribution in [0.15, 0.2) is 55.0 Å². The Kier molecular flexibility index (Phi) is 4.12. The summed E-state index contributed by atoms with van der Waals surface area (Å²) in [5.41, 5.74) is 1.70. The number of halogens is 1. The maximum atomic E-state index is 12.9. The van der Waals surface area contributed by atoms with Crippen LogP contribution in [0, 0.1) is 11.7 Å². The highest BCUT2D eigenvalue weighted by Crippen LogP contribution is 2.47. The van der Waals surface area contributed by atoms with Crippen LogP contribution in [-0.2, 0) is 11.8 Å². The van der Waals surface area contributed by atoms with Crippen LogP contribution < -0.4 is 10.1 Å². The summed E-state index contributed by atoms with van der Waals surface area (Å²) < 4.78 is 20.2. The van der Waals surface area contributed by atoms with Crippen molar-refractivity contribution in [3.8, 4) is 11.6 Å². The lowest BCUT2D eigenvalue weighted by molar-refractivity contribution is -0.117. The molecule has 0 aliphatic heterocycles. The van der Waals surface area contributed by atoms with Gasteiger partial charge in [-0.3, -0.25) is 9.48 Å². The predicted molar refractivity (Wildman–Crippen MR) is 93.4 cm³/mol. The smallest absolute Gasteiger partial charge is 0.228 e. The molecule has 3 aromatic rings. The molecule has 2 aromatic heterocycles. The largest absolute Gasteiger partial charge is 0.439 e. The molecular formula is C19H17FN4O2. The van der Waals surface area contributed by atoms with Crippen LogP contribution in [0.5, 0.6) is 11.6 Å². The second-order valence-electron chi connectivity index (χ2n) is 6.33. The number of nitrogens with one attached hydrogen (secondary N) is 1. The highest BCUT2D eigenvalue weighted by atomic mass is 19.1. The minimum atomic E-state index is -0.326. The molecule has 1 aliphatic rings. The summed E-state index contributed by atoms with van der Waals surface area (Å²) in [5, 5.41) is 7.02. The Labute approximate surface area is 149 Å². The fourth-order valence-electron chi connectivity index (χ4n) is 2.86. The number of rotatable bonds is 5. The van der Waals surface area contributed by atoms with E-state index in [1.807, 2.05) is 13.2 Å². The fourth-order valence-corrected chi connectivity index (χ4v) is 2.86. The molecule has 0 spiro atoms. The molecule has 132 valence electrons. The quantitative estimate of drug-likeness (QED) is 0.763. The Morgan fingerprint density at radius 3 is 2.69 bits per heavy atom. The van der Waals surface area contributed by atoms with Crippen molar-refractivity contribution < 1.29 is 13.9 Å². The predicted octanol–water partition coefficient (Wildman–Crippen LogP) is 3.49. The van der Waals surface area contributed by atoms with Gasteiger partial charge in [0.05, 0.1) is 18.1 Å². The van der Waals surface area contributed by atoms with Gasteiger partial charge in [-0.25, -0.2) is 9.37 Å². The first-order chi connectivity index (χ1) is 12.6. The number of carbonyl (C=O) groups excluding carboxylic acids is 1. The average molecular weight is 352 g/mol. The van der Waals surface area contributed by atoms with Crippen molar-refractivity contribution in [1.29, 1.82) is 0 Å². The van der Waals surface area contributed by atoms with Gasteiger partial charge in [-0.05, 0) is 48.2 Å². The van der Waals surface area contributed by atoms with Crippen LogP contribution in [0.4, 0.5) is 10.1 Å². The molecule has 0 saturated heterocycles. The van der Waals surface area contributed by atoms with E-state index in [0.717, 1.165) is 12.0 Å². The number of hydrogen-bond acceptors (Lipinski definition) is 4. The van der Waals surface area contributed by atoms with Crippen molar-refractivity contribution in [2.75, 3.05) is 5.32 Å². The third-order valence-corrected chi connectivity index (χ3v) is 4.32. The summed E-state index contributed by atoms with van der Waals surface area (Å²) in [4.78, 5) is 16.5. The second kappa shape index (κ2) is 6.59. The first-order valence-electron chi connectivity index (χ1n) is 8.27.